The molecule has 1 aliphatic rings. The molecule has 0 aliphatic heterocycles. The summed E-state index contributed by atoms with van der Waals surface area (Å²) in [7, 11) is -3.81. The number of sulfonamides is 1. The molecule has 0 radical (unpaired) electrons. The summed E-state index contributed by atoms with van der Waals surface area (Å²) in [5.41, 5.74) is 0.945. The van der Waals surface area contributed by atoms with E-state index in [4.69, 9.17) is 0 Å². The number of thiophene rings is 1. The summed E-state index contributed by atoms with van der Waals surface area (Å²) in [6.45, 7) is 1.63. The van der Waals surface area contributed by atoms with Crippen molar-refractivity contribution in [3.8, 4) is 0 Å². The maximum absolute atomic E-state index is 12.8. The van der Waals surface area contributed by atoms with E-state index in [1.807, 2.05) is 24.4 Å². The van der Waals surface area contributed by atoms with Crippen LogP contribution in [0.3, 0.4) is 0 Å². The Labute approximate surface area is 181 Å². The highest BCUT2D eigenvalue weighted by Crippen LogP contribution is 2.18. The number of benzene rings is 1. The first-order valence-electron chi connectivity index (χ1n) is 9.99. The van der Waals surface area contributed by atoms with E-state index in [9.17, 15) is 18.0 Å². The maximum Gasteiger partial charge on any atom is 0.241 e. The fraction of sp³-hybridized carbons (Fsp3) is 0.429. The zero-order valence-electron chi connectivity index (χ0n) is 17.0. The highest BCUT2D eigenvalue weighted by Gasteiger charge is 2.23. The van der Waals surface area contributed by atoms with Crippen LogP contribution in [0.1, 0.15) is 36.1 Å². The molecular weight excluding hydrogens is 422 g/mol. The van der Waals surface area contributed by atoms with Gasteiger partial charge in [-0.25, -0.2) is 13.1 Å². The average molecular weight is 450 g/mol. The van der Waals surface area contributed by atoms with Gasteiger partial charge in [-0.2, -0.15) is 0 Å². The SMILES string of the molecule is Cc1ccc(S(=O)(=O)NCC(=O)N(CC(=O)NC2CCCC2)Cc2cccs2)cc1. The lowest BCUT2D eigenvalue weighted by Gasteiger charge is -2.23. The molecule has 1 aromatic heterocycles. The zero-order chi connectivity index (χ0) is 21.6. The number of hydrogen-bond acceptors (Lipinski definition) is 5. The van der Waals surface area contributed by atoms with Gasteiger partial charge < -0.3 is 10.2 Å². The molecule has 1 aromatic carbocycles. The van der Waals surface area contributed by atoms with Crippen molar-refractivity contribution in [3.05, 3.63) is 52.2 Å². The Hall–Kier alpha value is -2.23. The third kappa shape index (κ3) is 6.38. The van der Waals surface area contributed by atoms with Gasteiger partial charge in [-0.05, 0) is 43.3 Å². The molecule has 0 saturated heterocycles. The average Bonchev–Trinajstić information content (AvgIpc) is 3.40. The van der Waals surface area contributed by atoms with Crippen LogP contribution in [0.25, 0.3) is 0 Å². The normalized spacial score (nSPS) is 14.6. The van der Waals surface area contributed by atoms with E-state index in [0.29, 0.717) is 0 Å². The van der Waals surface area contributed by atoms with Crippen LogP contribution in [0, 0.1) is 6.92 Å². The molecule has 1 saturated carbocycles. The van der Waals surface area contributed by atoms with Crippen molar-refractivity contribution in [1.29, 1.82) is 0 Å². The number of carbonyl (C=O) groups is 2. The summed E-state index contributed by atoms with van der Waals surface area (Å²) in [4.78, 5) is 27.7. The van der Waals surface area contributed by atoms with E-state index < -0.39 is 22.5 Å². The Morgan fingerprint density at radius 2 is 1.83 bits per heavy atom. The molecule has 1 fully saturated rings. The molecule has 0 bridgehead atoms. The fourth-order valence-electron chi connectivity index (χ4n) is 3.41. The molecule has 30 heavy (non-hydrogen) atoms. The molecule has 9 heteroatoms. The predicted molar refractivity (Wildman–Crippen MR) is 117 cm³/mol. The number of amides is 2. The van der Waals surface area contributed by atoms with Gasteiger partial charge in [0.2, 0.25) is 21.8 Å². The van der Waals surface area contributed by atoms with Gasteiger partial charge in [0, 0.05) is 10.9 Å². The second-order valence-electron chi connectivity index (χ2n) is 7.52. The number of carbonyl (C=O) groups excluding carboxylic acids is 2. The first-order chi connectivity index (χ1) is 14.3. The molecule has 1 aliphatic carbocycles. The van der Waals surface area contributed by atoms with E-state index >= 15 is 0 Å². The zero-order valence-corrected chi connectivity index (χ0v) is 18.6. The van der Waals surface area contributed by atoms with Crippen LogP contribution in [-0.2, 0) is 26.2 Å². The Morgan fingerprint density at radius 3 is 2.47 bits per heavy atom. The standard InChI is InChI=1S/C21H27N3O4S2/c1-16-8-10-19(11-9-16)30(27,28)22-13-21(26)24(14-18-7-4-12-29-18)15-20(25)23-17-5-2-3-6-17/h4,7-12,17,22H,2-3,5-6,13-15H2,1H3,(H,23,25). The van der Waals surface area contributed by atoms with E-state index in [1.165, 1.54) is 28.4 Å². The summed E-state index contributed by atoms with van der Waals surface area (Å²) in [6.07, 6.45) is 4.12. The second kappa shape index (κ2) is 10.2. The molecule has 2 aromatic rings. The Bertz CT molecular complexity index is 951. The van der Waals surface area contributed by atoms with Gasteiger partial charge in [-0.1, -0.05) is 36.6 Å². The first kappa shape index (κ1) is 22.5. The van der Waals surface area contributed by atoms with Crippen molar-refractivity contribution in [2.75, 3.05) is 13.1 Å². The van der Waals surface area contributed by atoms with Crippen molar-refractivity contribution in [1.82, 2.24) is 14.9 Å². The number of nitrogens with zero attached hydrogens (tertiary/aromatic N) is 1. The minimum Gasteiger partial charge on any atom is -0.352 e. The highest BCUT2D eigenvalue weighted by molar-refractivity contribution is 7.89. The van der Waals surface area contributed by atoms with Gasteiger partial charge in [0.15, 0.2) is 0 Å². The lowest BCUT2D eigenvalue weighted by molar-refractivity contribution is -0.135. The van der Waals surface area contributed by atoms with Gasteiger partial charge in [-0.3, -0.25) is 9.59 Å². The van der Waals surface area contributed by atoms with Crippen LogP contribution in [0.5, 0.6) is 0 Å². The van der Waals surface area contributed by atoms with Crippen LogP contribution in [-0.4, -0.2) is 44.3 Å². The summed E-state index contributed by atoms with van der Waals surface area (Å²) in [5, 5.41) is 4.88. The molecule has 162 valence electrons. The van der Waals surface area contributed by atoms with Crippen LogP contribution in [0.2, 0.25) is 0 Å². The van der Waals surface area contributed by atoms with E-state index in [-0.39, 0.29) is 29.9 Å². The second-order valence-corrected chi connectivity index (χ2v) is 10.3. The predicted octanol–water partition coefficient (Wildman–Crippen LogP) is 2.42. The summed E-state index contributed by atoms with van der Waals surface area (Å²) >= 11 is 1.49. The molecule has 0 spiro atoms. The Kier molecular flexibility index (Phi) is 7.63. The van der Waals surface area contributed by atoms with Crippen LogP contribution < -0.4 is 10.0 Å². The van der Waals surface area contributed by atoms with Gasteiger partial charge >= 0.3 is 0 Å². The summed E-state index contributed by atoms with van der Waals surface area (Å²) in [6, 6.07) is 10.3. The number of aryl methyl sites for hydroxylation is 1. The smallest absolute Gasteiger partial charge is 0.241 e. The van der Waals surface area contributed by atoms with Gasteiger partial charge in [0.1, 0.15) is 0 Å². The van der Waals surface area contributed by atoms with Crippen LogP contribution in [0.15, 0.2) is 46.7 Å². The van der Waals surface area contributed by atoms with Crippen molar-refractivity contribution in [2.24, 2.45) is 0 Å². The fourth-order valence-corrected chi connectivity index (χ4v) is 5.10. The molecule has 3 rings (SSSR count). The molecule has 0 unspecified atom stereocenters. The third-order valence-electron chi connectivity index (χ3n) is 5.08. The van der Waals surface area contributed by atoms with Crippen molar-refractivity contribution >= 4 is 33.2 Å². The Balaban J connectivity index is 1.63. The van der Waals surface area contributed by atoms with Crippen LogP contribution in [0.4, 0.5) is 0 Å². The lowest BCUT2D eigenvalue weighted by Crippen LogP contribution is -2.46. The highest BCUT2D eigenvalue weighted by atomic mass is 32.2. The molecule has 2 N–H and O–H groups in total. The van der Waals surface area contributed by atoms with E-state index in [2.05, 4.69) is 10.0 Å². The monoisotopic (exact) mass is 449 g/mol. The number of hydrogen-bond donors (Lipinski definition) is 2. The minimum absolute atomic E-state index is 0.0977. The quantitative estimate of drug-likeness (QED) is 0.615. The lowest BCUT2D eigenvalue weighted by atomic mass is 10.2. The minimum atomic E-state index is -3.81. The summed E-state index contributed by atoms with van der Waals surface area (Å²) < 4.78 is 27.3. The molecule has 1 heterocycles. The maximum atomic E-state index is 12.8. The molecule has 7 nitrogen and oxygen atoms in total. The Morgan fingerprint density at radius 1 is 1.13 bits per heavy atom. The van der Waals surface area contributed by atoms with E-state index in [1.54, 1.807) is 12.1 Å². The molecule has 2 amide bonds. The number of rotatable bonds is 9. The largest absolute Gasteiger partial charge is 0.352 e. The first-order valence-corrected chi connectivity index (χ1v) is 12.4. The van der Waals surface area contributed by atoms with Crippen molar-refractivity contribution in [2.45, 2.75) is 50.1 Å². The molecule has 0 atom stereocenters. The van der Waals surface area contributed by atoms with Gasteiger partial charge in [0.25, 0.3) is 0 Å². The van der Waals surface area contributed by atoms with Crippen molar-refractivity contribution in [3.63, 3.8) is 0 Å². The topological polar surface area (TPSA) is 95.6 Å². The van der Waals surface area contributed by atoms with Crippen molar-refractivity contribution < 1.29 is 18.0 Å². The third-order valence-corrected chi connectivity index (χ3v) is 7.36. The van der Waals surface area contributed by atoms with Gasteiger partial charge in [0.05, 0.1) is 24.5 Å². The van der Waals surface area contributed by atoms with Crippen LogP contribution >= 0.6 is 11.3 Å². The summed E-state index contributed by atoms with van der Waals surface area (Å²) in [5.74, 6) is -0.658. The molecular formula is C21H27N3O4S2. The number of nitrogens with one attached hydrogen (secondary N) is 2. The van der Waals surface area contributed by atoms with Gasteiger partial charge in [-0.15, -0.1) is 11.3 Å². The van der Waals surface area contributed by atoms with E-state index in [0.717, 1.165) is 36.1 Å².